The van der Waals surface area contributed by atoms with Gasteiger partial charge in [-0.1, -0.05) is 50.2 Å². The smallest absolute Gasteiger partial charge is 0.244 e. The van der Waals surface area contributed by atoms with Crippen LogP contribution in [0.15, 0.2) is 48.5 Å². The molecule has 8 nitrogen and oxygen atoms in total. The number of carbonyl (C=O) groups is 3. The Balaban J connectivity index is 2.42. The number of aryl methyl sites for hydroxylation is 1. The van der Waals surface area contributed by atoms with Gasteiger partial charge in [-0.3, -0.25) is 18.7 Å². The van der Waals surface area contributed by atoms with Gasteiger partial charge >= 0.3 is 0 Å². The quantitative estimate of drug-likeness (QED) is 0.477. The largest absolute Gasteiger partial charge is 0.354 e. The molecule has 0 fully saturated rings. The van der Waals surface area contributed by atoms with E-state index in [2.05, 4.69) is 5.32 Å². The maximum absolute atomic E-state index is 13.6. The molecule has 35 heavy (non-hydrogen) atoms. The summed E-state index contributed by atoms with van der Waals surface area (Å²) in [6.07, 6.45) is 1.01. The second kappa shape index (κ2) is 12.0. The van der Waals surface area contributed by atoms with Gasteiger partial charge in [0.25, 0.3) is 0 Å². The molecule has 1 N–H and O–H groups in total. The van der Waals surface area contributed by atoms with Crippen molar-refractivity contribution in [1.82, 2.24) is 10.2 Å². The van der Waals surface area contributed by atoms with E-state index in [4.69, 9.17) is 0 Å². The number of nitrogens with zero attached hydrogens (tertiary/aromatic N) is 2. The van der Waals surface area contributed by atoms with Crippen LogP contribution in [0, 0.1) is 12.8 Å². The fourth-order valence-electron chi connectivity index (χ4n) is 3.50. The lowest BCUT2D eigenvalue weighted by atomic mass is 10.1. The van der Waals surface area contributed by atoms with Gasteiger partial charge in [-0.25, -0.2) is 8.42 Å². The summed E-state index contributed by atoms with van der Waals surface area (Å²) in [6, 6.07) is 12.8. The molecule has 0 spiro atoms. The SMILES string of the molecule is CC(=O)c1cccc(N(CC(=O)N(Cc2ccccc2C)C(C)C(=O)NCC(C)C)S(C)(=O)=O)c1. The zero-order valence-electron chi connectivity index (χ0n) is 21.2. The summed E-state index contributed by atoms with van der Waals surface area (Å²) in [5.74, 6) is -0.826. The summed E-state index contributed by atoms with van der Waals surface area (Å²) < 4.78 is 26.3. The lowest BCUT2D eigenvalue weighted by Gasteiger charge is -2.32. The first-order valence-electron chi connectivity index (χ1n) is 11.5. The van der Waals surface area contributed by atoms with E-state index < -0.39 is 28.5 Å². The second-order valence-electron chi connectivity index (χ2n) is 9.14. The Morgan fingerprint density at radius 3 is 2.23 bits per heavy atom. The minimum Gasteiger partial charge on any atom is -0.354 e. The molecule has 0 aromatic heterocycles. The predicted molar refractivity (Wildman–Crippen MR) is 138 cm³/mol. The van der Waals surface area contributed by atoms with Gasteiger partial charge in [-0.2, -0.15) is 0 Å². The van der Waals surface area contributed by atoms with E-state index in [1.54, 1.807) is 19.1 Å². The number of anilines is 1. The molecule has 1 unspecified atom stereocenters. The molecule has 2 aromatic rings. The van der Waals surface area contributed by atoms with Crippen molar-refractivity contribution in [3.8, 4) is 0 Å². The van der Waals surface area contributed by atoms with E-state index in [1.807, 2.05) is 45.0 Å². The predicted octanol–water partition coefficient (Wildman–Crippen LogP) is 3.15. The summed E-state index contributed by atoms with van der Waals surface area (Å²) in [6.45, 7) is 8.98. The Bertz CT molecular complexity index is 1180. The van der Waals surface area contributed by atoms with Crippen LogP contribution in [0.3, 0.4) is 0 Å². The van der Waals surface area contributed by atoms with Crippen molar-refractivity contribution >= 4 is 33.3 Å². The molecule has 2 amide bonds. The topological polar surface area (TPSA) is 104 Å². The lowest BCUT2D eigenvalue weighted by molar-refractivity contribution is -0.139. The van der Waals surface area contributed by atoms with E-state index >= 15 is 0 Å². The van der Waals surface area contributed by atoms with Crippen molar-refractivity contribution in [3.63, 3.8) is 0 Å². The van der Waals surface area contributed by atoms with Crippen LogP contribution in [0.4, 0.5) is 5.69 Å². The number of rotatable bonds is 11. The molecule has 1 atom stereocenters. The molecule has 0 saturated heterocycles. The number of hydrogen-bond acceptors (Lipinski definition) is 5. The summed E-state index contributed by atoms with van der Waals surface area (Å²) in [5.41, 5.74) is 2.35. The van der Waals surface area contributed by atoms with Crippen molar-refractivity contribution in [2.75, 3.05) is 23.7 Å². The minimum atomic E-state index is -3.86. The number of sulfonamides is 1. The van der Waals surface area contributed by atoms with Crippen molar-refractivity contribution < 1.29 is 22.8 Å². The van der Waals surface area contributed by atoms with Crippen molar-refractivity contribution in [2.24, 2.45) is 5.92 Å². The number of amides is 2. The number of Topliss-reactive ketones (excluding diaryl/α,β-unsaturated/α-hetero) is 1. The van der Waals surface area contributed by atoms with E-state index in [9.17, 15) is 22.8 Å². The molecular weight excluding hydrogens is 466 g/mol. The van der Waals surface area contributed by atoms with Gasteiger partial charge in [-0.05, 0) is 49.9 Å². The van der Waals surface area contributed by atoms with Gasteiger partial charge in [0.2, 0.25) is 21.8 Å². The zero-order chi connectivity index (χ0) is 26.3. The average Bonchev–Trinajstić information content (AvgIpc) is 2.79. The number of nitrogens with one attached hydrogen (secondary N) is 1. The Labute approximate surface area is 208 Å². The third-order valence-corrected chi connectivity index (χ3v) is 6.81. The molecule has 9 heteroatoms. The van der Waals surface area contributed by atoms with Crippen molar-refractivity contribution in [2.45, 2.75) is 47.2 Å². The number of carbonyl (C=O) groups excluding carboxylic acids is 3. The Morgan fingerprint density at radius 2 is 1.66 bits per heavy atom. The van der Waals surface area contributed by atoms with Gasteiger partial charge in [0, 0.05) is 18.7 Å². The van der Waals surface area contributed by atoms with Crippen LogP contribution in [0.5, 0.6) is 0 Å². The van der Waals surface area contributed by atoms with Crippen LogP contribution in [-0.2, 0) is 26.2 Å². The third-order valence-electron chi connectivity index (χ3n) is 5.67. The standard InChI is InChI=1S/C26H35N3O5S/c1-18(2)15-27-26(32)20(4)28(16-23-11-8-7-10-19(23)3)25(31)17-29(35(6,33)34)24-13-9-12-22(14-24)21(5)30/h7-14,18,20H,15-17H2,1-6H3,(H,27,32). The highest BCUT2D eigenvalue weighted by Crippen LogP contribution is 2.21. The highest BCUT2D eigenvalue weighted by Gasteiger charge is 2.30. The Hall–Kier alpha value is -3.20. The molecule has 0 aliphatic heterocycles. The van der Waals surface area contributed by atoms with E-state index in [1.165, 1.54) is 24.0 Å². The van der Waals surface area contributed by atoms with Gasteiger partial charge in [0.1, 0.15) is 12.6 Å². The monoisotopic (exact) mass is 501 g/mol. The molecule has 0 bridgehead atoms. The van der Waals surface area contributed by atoms with Crippen molar-refractivity contribution in [1.29, 1.82) is 0 Å². The van der Waals surface area contributed by atoms with E-state index in [-0.39, 0.29) is 29.8 Å². The first-order valence-corrected chi connectivity index (χ1v) is 13.4. The highest BCUT2D eigenvalue weighted by atomic mass is 32.2. The van der Waals surface area contributed by atoms with Crippen LogP contribution in [0.25, 0.3) is 0 Å². The molecule has 0 saturated carbocycles. The molecule has 2 aromatic carbocycles. The summed E-state index contributed by atoms with van der Waals surface area (Å²) in [4.78, 5) is 39.6. The summed E-state index contributed by atoms with van der Waals surface area (Å²) in [5, 5.41) is 2.85. The number of benzene rings is 2. The molecule has 2 rings (SSSR count). The summed E-state index contributed by atoms with van der Waals surface area (Å²) in [7, 11) is -3.86. The number of ketones is 1. The maximum atomic E-state index is 13.6. The zero-order valence-corrected chi connectivity index (χ0v) is 22.1. The van der Waals surface area contributed by atoms with Crippen molar-refractivity contribution in [3.05, 3.63) is 65.2 Å². The van der Waals surface area contributed by atoms with Crippen LogP contribution in [-0.4, -0.2) is 56.3 Å². The van der Waals surface area contributed by atoms with Gasteiger partial charge in [0.05, 0.1) is 11.9 Å². The van der Waals surface area contributed by atoms with E-state index in [0.717, 1.165) is 21.7 Å². The Kier molecular flexibility index (Phi) is 9.59. The molecule has 0 aliphatic rings. The average molecular weight is 502 g/mol. The minimum absolute atomic E-state index is 0.146. The van der Waals surface area contributed by atoms with Gasteiger partial charge in [0.15, 0.2) is 5.78 Å². The fraction of sp³-hybridized carbons (Fsp3) is 0.423. The van der Waals surface area contributed by atoms with Gasteiger partial charge in [-0.15, -0.1) is 0 Å². The second-order valence-corrected chi connectivity index (χ2v) is 11.0. The highest BCUT2D eigenvalue weighted by molar-refractivity contribution is 7.92. The maximum Gasteiger partial charge on any atom is 0.244 e. The molecule has 190 valence electrons. The normalized spacial score (nSPS) is 12.2. The van der Waals surface area contributed by atoms with Crippen LogP contribution in [0.2, 0.25) is 0 Å². The first kappa shape index (κ1) is 28.0. The Morgan fingerprint density at radius 1 is 1.00 bits per heavy atom. The molecule has 0 radical (unpaired) electrons. The first-order chi connectivity index (χ1) is 16.3. The fourth-order valence-corrected chi connectivity index (χ4v) is 4.34. The van der Waals surface area contributed by atoms with Crippen LogP contribution < -0.4 is 9.62 Å². The molecule has 0 heterocycles. The number of hydrogen-bond donors (Lipinski definition) is 1. The third kappa shape index (κ3) is 7.92. The van der Waals surface area contributed by atoms with E-state index in [0.29, 0.717) is 12.1 Å². The van der Waals surface area contributed by atoms with Crippen LogP contribution in [0.1, 0.15) is 49.2 Å². The lowest BCUT2D eigenvalue weighted by Crippen LogP contribution is -2.51. The van der Waals surface area contributed by atoms with Crippen LogP contribution >= 0.6 is 0 Å². The molecular formula is C26H35N3O5S. The summed E-state index contributed by atoms with van der Waals surface area (Å²) >= 11 is 0. The molecule has 0 aliphatic carbocycles. The van der Waals surface area contributed by atoms with Gasteiger partial charge < -0.3 is 10.2 Å².